The maximum Gasteiger partial charge on any atom is 0.251 e. The smallest absolute Gasteiger partial charge is 0.251 e. The molecule has 1 aliphatic heterocycles. The van der Waals surface area contributed by atoms with Gasteiger partial charge in [0.1, 0.15) is 5.82 Å². The zero-order valence-electron chi connectivity index (χ0n) is 24.9. The number of anilines is 1. The number of ether oxygens (including phenoxy) is 2. The van der Waals surface area contributed by atoms with Crippen LogP contribution in [0.1, 0.15) is 43.3 Å². The number of carbonyl (C=O) groups is 1. The Morgan fingerprint density at radius 1 is 1.07 bits per heavy atom. The molecule has 5 rings (SSSR count). The van der Waals surface area contributed by atoms with Crippen LogP contribution in [0.4, 0.5) is 5.82 Å². The lowest BCUT2D eigenvalue weighted by Gasteiger charge is -2.36. The number of fused-ring (bicyclic) bond motifs is 1. The van der Waals surface area contributed by atoms with Gasteiger partial charge in [0.15, 0.2) is 9.84 Å². The number of aromatic nitrogens is 3. The van der Waals surface area contributed by atoms with Gasteiger partial charge in [-0.1, -0.05) is 12.1 Å². The highest BCUT2D eigenvalue weighted by molar-refractivity contribution is 7.91. The van der Waals surface area contributed by atoms with Crippen molar-refractivity contribution in [2.75, 3.05) is 37.5 Å². The van der Waals surface area contributed by atoms with Gasteiger partial charge in [-0.3, -0.25) is 9.78 Å². The second-order valence-corrected chi connectivity index (χ2v) is 13.0. The summed E-state index contributed by atoms with van der Waals surface area (Å²) in [4.78, 5) is 29.6. The molecule has 4 aromatic rings. The fraction of sp³-hybridized carbons (Fsp3) is 0.375. The number of methoxy groups -OCH3 is 1. The summed E-state index contributed by atoms with van der Waals surface area (Å²) in [5.41, 5.74) is 3.74. The summed E-state index contributed by atoms with van der Waals surface area (Å²) in [6, 6.07) is 16.4. The lowest BCUT2D eigenvalue weighted by Crippen LogP contribution is -2.45. The molecule has 1 amide bonds. The number of hydrogen-bond donors (Lipinski definition) is 1. The third kappa shape index (κ3) is 7.35. The van der Waals surface area contributed by atoms with Crippen LogP contribution in [-0.2, 0) is 25.9 Å². The van der Waals surface area contributed by atoms with Crippen LogP contribution in [0.5, 0.6) is 0 Å². The Balaban J connectivity index is 0.00000442. The summed E-state index contributed by atoms with van der Waals surface area (Å²) in [5, 5.41) is 3.72. The molecule has 11 heteroatoms. The molecular formula is C32H39N5O5S. The summed E-state index contributed by atoms with van der Waals surface area (Å²) >= 11 is 0. The van der Waals surface area contributed by atoms with Gasteiger partial charge in [0, 0.05) is 45.4 Å². The van der Waals surface area contributed by atoms with Crippen LogP contribution in [0.3, 0.4) is 0 Å². The summed E-state index contributed by atoms with van der Waals surface area (Å²) in [6.07, 6.45) is 2.37. The van der Waals surface area contributed by atoms with Gasteiger partial charge < -0.3 is 19.7 Å². The summed E-state index contributed by atoms with van der Waals surface area (Å²) in [5.74, 6) is 0.458. The number of morpholine rings is 1. The fourth-order valence-electron chi connectivity index (χ4n) is 5.26. The first-order chi connectivity index (χ1) is 20.6. The number of nitrogens with zero attached hydrogens (tertiary/aromatic N) is 4. The van der Waals surface area contributed by atoms with Crippen molar-refractivity contribution in [1.29, 1.82) is 0 Å². The van der Waals surface area contributed by atoms with Crippen LogP contribution in [0, 0.1) is 6.92 Å². The number of sulfone groups is 1. The molecule has 1 aliphatic rings. The quantitative estimate of drug-likeness (QED) is 0.258. The van der Waals surface area contributed by atoms with E-state index in [0.717, 1.165) is 41.2 Å². The first kappa shape index (κ1) is 30.5. The van der Waals surface area contributed by atoms with Crippen molar-refractivity contribution in [1.82, 2.24) is 20.3 Å². The zero-order chi connectivity index (χ0) is 30.6. The van der Waals surface area contributed by atoms with Gasteiger partial charge >= 0.3 is 0 Å². The van der Waals surface area contributed by atoms with Crippen LogP contribution < -0.4 is 10.2 Å². The molecule has 2 atom stereocenters. The van der Waals surface area contributed by atoms with Crippen LogP contribution >= 0.6 is 0 Å². The third-order valence-corrected chi connectivity index (χ3v) is 9.28. The van der Waals surface area contributed by atoms with Crippen molar-refractivity contribution >= 4 is 32.5 Å². The molecule has 1 saturated heterocycles. The molecule has 0 saturated carbocycles. The monoisotopic (exact) mass is 605 g/mol. The number of pyridine rings is 3. The van der Waals surface area contributed by atoms with E-state index >= 15 is 0 Å². The highest BCUT2D eigenvalue weighted by Gasteiger charge is 2.23. The maximum atomic E-state index is 13.0. The number of amides is 1. The Kier molecular flexibility index (Phi) is 9.34. The molecule has 0 spiro atoms. The van der Waals surface area contributed by atoms with Crippen LogP contribution in [0.2, 0.25) is 0 Å². The van der Waals surface area contributed by atoms with Gasteiger partial charge in [-0.25, -0.2) is 18.4 Å². The van der Waals surface area contributed by atoms with Gasteiger partial charge in [-0.05, 0) is 75.2 Å². The summed E-state index contributed by atoms with van der Waals surface area (Å²) < 4.78 is 36.5. The van der Waals surface area contributed by atoms with Gasteiger partial charge in [0.25, 0.3) is 5.91 Å². The largest absolute Gasteiger partial charge is 0.385 e. The van der Waals surface area contributed by atoms with E-state index in [1.807, 2.05) is 36.4 Å². The highest BCUT2D eigenvalue weighted by atomic mass is 32.2. The molecule has 4 heterocycles. The van der Waals surface area contributed by atoms with Crippen LogP contribution in [0.25, 0.3) is 22.3 Å². The minimum Gasteiger partial charge on any atom is -0.385 e. The number of nitrogens with one attached hydrogen (secondary N) is 1. The number of hydrogen-bond acceptors (Lipinski definition) is 9. The van der Waals surface area contributed by atoms with Crippen LogP contribution in [-0.4, -0.2) is 74.0 Å². The standard InChI is InChI=1S/C32H37N5O5S.H2/c1-21-9-10-24(15-30(21)43(39,40)14-6-13-41-4)32(38)34-18-26-16-29-25(17-33-26)11-12-28(35-29)27-7-5-8-31(36-27)37-19-22(2)42-23(3)20-37;/h5,7-12,15-17,22-23H,6,13-14,18-20H2,1-4H3,(H,34,38);1H/t22-,23+;. The van der Waals surface area contributed by atoms with E-state index in [1.165, 1.54) is 13.2 Å². The molecule has 3 aromatic heterocycles. The van der Waals surface area contributed by atoms with Crippen molar-refractivity contribution in [3.63, 3.8) is 0 Å². The fourth-order valence-corrected chi connectivity index (χ4v) is 6.84. The number of rotatable bonds is 10. The number of carbonyl (C=O) groups excluding carboxylic acids is 1. The molecule has 0 unspecified atom stereocenters. The molecule has 1 fully saturated rings. The van der Waals surface area contributed by atoms with Gasteiger partial charge in [-0.15, -0.1) is 0 Å². The molecule has 1 aromatic carbocycles. The topological polar surface area (TPSA) is 124 Å². The van der Waals surface area contributed by atoms with E-state index < -0.39 is 9.84 Å². The molecular weight excluding hydrogens is 566 g/mol. The Labute approximate surface area is 253 Å². The van der Waals surface area contributed by atoms with E-state index in [4.69, 9.17) is 19.4 Å². The Morgan fingerprint density at radius 3 is 2.60 bits per heavy atom. The van der Waals surface area contributed by atoms with Gasteiger partial charge in [-0.2, -0.15) is 0 Å². The minimum absolute atomic E-state index is 0. The van der Waals surface area contributed by atoms with Gasteiger partial charge in [0.2, 0.25) is 0 Å². The number of aryl methyl sites for hydroxylation is 1. The first-order valence-electron chi connectivity index (χ1n) is 14.4. The maximum absolute atomic E-state index is 13.0. The van der Waals surface area contributed by atoms with Crippen molar-refractivity contribution in [2.24, 2.45) is 0 Å². The lowest BCUT2D eigenvalue weighted by atomic mass is 10.1. The number of benzene rings is 1. The van der Waals surface area contributed by atoms with E-state index in [9.17, 15) is 13.2 Å². The molecule has 0 aliphatic carbocycles. The zero-order valence-corrected chi connectivity index (χ0v) is 25.7. The van der Waals surface area contributed by atoms with E-state index in [2.05, 4.69) is 29.0 Å². The third-order valence-electron chi connectivity index (χ3n) is 7.35. The second kappa shape index (κ2) is 13.2. The highest BCUT2D eigenvalue weighted by Crippen LogP contribution is 2.25. The second-order valence-electron chi connectivity index (χ2n) is 10.9. The van der Waals surface area contributed by atoms with Crippen molar-refractivity contribution in [3.8, 4) is 11.4 Å². The molecule has 0 bridgehead atoms. The molecule has 0 radical (unpaired) electrons. The Morgan fingerprint density at radius 2 is 1.84 bits per heavy atom. The van der Waals surface area contributed by atoms with E-state index in [0.29, 0.717) is 24.3 Å². The van der Waals surface area contributed by atoms with Crippen LogP contribution in [0.15, 0.2) is 65.7 Å². The molecule has 10 nitrogen and oxygen atoms in total. The summed E-state index contributed by atoms with van der Waals surface area (Å²) in [6.45, 7) is 7.93. The van der Waals surface area contributed by atoms with Crippen molar-refractivity contribution < 1.29 is 24.1 Å². The van der Waals surface area contributed by atoms with Crippen molar-refractivity contribution in [3.05, 3.63) is 77.6 Å². The van der Waals surface area contributed by atoms with Crippen molar-refractivity contribution in [2.45, 2.75) is 50.8 Å². The first-order valence-corrected chi connectivity index (χ1v) is 16.0. The Bertz CT molecular complexity index is 1730. The molecule has 228 valence electrons. The average molecular weight is 606 g/mol. The van der Waals surface area contributed by atoms with Gasteiger partial charge in [0.05, 0.1) is 52.0 Å². The molecule has 43 heavy (non-hydrogen) atoms. The summed E-state index contributed by atoms with van der Waals surface area (Å²) in [7, 11) is -2.01. The minimum atomic E-state index is -3.55. The van der Waals surface area contributed by atoms with E-state index in [-0.39, 0.29) is 42.3 Å². The SMILES string of the molecule is COCCCS(=O)(=O)c1cc(C(=O)NCc2cc3nc(-c4cccc(N5C[C@@H](C)O[C@@H](C)C5)n4)ccc3cn2)ccc1C.[HH]. The predicted octanol–water partition coefficient (Wildman–Crippen LogP) is 4.60. The molecule has 1 N–H and O–H groups in total. The predicted molar refractivity (Wildman–Crippen MR) is 168 cm³/mol. The average Bonchev–Trinajstić information content (AvgIpc) is 2.99. The Hall–Kier alpha value is -3.93. The normalized spacial score (nSPS) is 17.3. The van der Waals surface area contributed by atoms with E-state index in [1.54, 1.807) is 25.3 Å². The lowest BCUT2D eigenvalue weighted by molar-refractivity contribution is -0.00545.